The lowest BCUT2D eigenvalue weighted by atomic mass is 10.0. The molecule has 0 radical (unpaired) electrons. The van der Waals surface area contributed by atoms with E-state index in [-0.39, 0.29) is 15.6 Å². The van der Waals surface area contributed by atoms with E-state index >= 15 is 0 Å². The normalized spacial score (nSPS) is 10.9. The minimum absolute atomic E-state index is 0.0563. The molecule has 0 fully saturated rings. The van der Waals surface area contributed by atoms with Crippen LogP contribution < -0.4 is 4.74 Å². The van der Waals surface area contributed by atoms with Crippen molar-refractivity contribution in [3.63, 3.8) is 0 Å². The Kier molecular flexibility index (Phi) is 12.4. The first-order valence-electron chi connectivity index (χ1n) is 14.2. The van der Waals surface area contributed by atoms with Gasteiger partial charge in [0.2, 0.25) is 9.84 Å². The molecule has 45 heavy (non-hydrogen) atoms. The number of benzene rings is 5. The van der Waals surface area contributed by atoms with Crippen LogP contribution in [0.4, 0.5) is 0 Å². The van der Waals surface area contributed by atoms with Gasteiger partial charge < -0.3 is 4.74 Å². The summed E-state index contributed by atoms with van der Waals surface area (Å²) in [6.07, 6.45) is 1.46. The Bertz CT molecular complexity index is 1870. The third-order valence-electron chi connectivity index (χ3n) is 6.28. The molecule has 0 amide bonds. The summed E-state index contributed by atoms with van der Waals surface area (Å²) in [7, 11) is -7.32. The number of rotatable bonds is 8. The van der Waals surface area contributed by atoms with E-state index < -0.39 is 20.0 Å². The summed E-state index contributed by atoms with van der Waals surface area (Å²) in [6, 6.07) is 37.7. The second kappa shape index (κ2) is 15.9. The lowest BCUT2D eigenvalue weighted by molar-refractivity contribution is 0.103. The molecule has 5 aromatic rings. The van der Waals surface area contributed by atoms with Gasteiger partial charge in [-0.2, -0.15) is 8.42 Å². The van der Waals surface area contributed by atoms with Crippen LogP contribution in [0.25, 0.3) is 0 Å². The molecular formula is C36H36O7S2. The van der Waals surface area contributed by atoms with E-state index in [0.717, 1.165) is 17.5 Å². The van der Waals surface area contributed by atoms with Gasteiger partial charge in [-0.15, -0.1) is 0 Å². The molecule has 5 rings (SSSR count). The Morgan fingerprint density at radius 1 is 0.600 bits per heavy atom. The Balaban J connectivity index is 0.000000719. The van der Waals surface area contributed by atoms with E-state index in [2.05, 4.69) is 0 Å². The van der Waals surface area contributed by atoms with E-state index in [4.69, 9.17) is 9.29 Å². The molecule has 0 aromatic heterocycles. The van der Waals surface area contributed by atoms with Crippen molar-refractivity contribution < 1.29 is 30.9 Å². The number of hydrogen-bond donors (Lipinski definition) is 1. The predicted molar refractivity (Wildman–Crippen MR) is 178 cm³/mol. The van der Waals surface area contributed by atoms with Crippen molar-refractivity contribution >= 4 is 25.7 Å². The van der Waals surface area contributed by atoms with E-state index in [1.165, 1.54) is 17.7 Å². The minimum atomic E-state index is -3.67. The van der Waals surface area contributed by atoms with Gasteiger partial charge in [0.05, 0.1) is 16.0 Å². The fourth-order valence-electron chi connectivity index (χ4n) is 4.12. The van der Waals surface area contributed by atoms with Crippen LogP contribution in [0.15, 0.2) is 137 Å². The molecular weight excluding hydrogens is 609 g/mol. The summed E-state index contributed by atoms with van der Waals surface area (Å²) in [5.74, 6) is 0.994. The van der Waals surface area contributed by atoms with Crippen molar-refractivity contribution in [3.05, 3.63) is 155 Å². The maximum Gasteiger partial charge on any atom is 0.261 e. The minimum Gasteiger partial charge on any atom is -0.457 e. The lowest BCUT2D eigenvalue weighted by Crippen LogP contribution is -2.02. The zero-order valence-electron chi connectivity index (χ0n) is 25.5. The smallest absolute Gasteiger partial charge is 0.261 e. The highest BCUT2D eigenvalue weighted by atomic mass is 32.2. The maximum absolute atomic E-state index is 13.1. The van der Waals surface area contributed by atoms with Crippen LogP contribution in [0.5, 0.6) is 11.5 Å². The second-order valence-corrected chi connectivity index (χ2v) is 13.3. The zero-order valence-corrected chi connectivity index (χ0v) is 27.2. The largest absolute Gasteiger partial charge is 0.457 e. The van der Waals surface area contributed by atoms with Crippen molar-refractivity contribution in [2.75, 3.05) is 6.26 Å². The molecule has 0 spiro atoms. The highest BCUT2D eigenvalue weighted by molar-refractivity contribution is 7.91. The average Bonchev–Trinajstić information content (AvgIpc) is 3.03. The molecule has 0 heterocycles. The van der Waals surface area contributed by atoms with E-state index in [1.807, 2.05) is 87.5 Å². The van der Waals surface area contributed by atoms with Crippen LogP contribution in [-0.2, 0) is 26.4 Å². The Morgan fingerprint density at radius 2 is 0.978 bits per heavy atom. The van der Waals surface area contributed by atoms with Crippen LogP contribution in [0, 0.1) is 6.92 Å². The lowest BCUT2D eigenvalue weighted by Gasteiger charge is -2.09. The number of sulfone groups is 1. The summed E-state index contributed by atoms with van der Waals surface area (Å²) in [5, 5.41) is 0. The van der Waals surface area contributed by atoms with E-state index in [0.29, 0.717) is 28.9 Å². The zero-order chi connectivity index (χ0) is 33.0. The number of carbonyl (C=O) groups is 1. The molecule has 0 aliphatic rings. The molecule has 7 nitrogen and oxygen atoms in total. The van der Waals surface area contributed by atoms with Crippen molar-refractivity contribution in [2.45, 2.75) is 37.0 Å². The molecule has 0 saturated heterocycles. The SMILES string of the molecule is CC.CS(=O)(=O)O.Cc1ccc(C(=O)c2ccc(Oc3ccc(S(=O)(=O)c4ccc(Cc5ccccc5)cc4)cc3)cc2)cc1. The first-order chi connectivity index (χ1) is 21.4. The van der Waals surface area contributed by atoms with Crippen molar-refractivity contribution in [1.29, 1.82) is 0 Å². The molecule has 0 aliphatic carbocycles. The van der Waals surface area contributed by atoms with Crippen LogP contribution in [0.3, 0.4) is 0 Å². The van der Waals surface area contributed by atoms with Gasteiger partial charge in [-0.25, -0.2) is 8.42 Å². The molecule has 0 bridgehead atoms. The fraction of sp³-hybridized carbons (Fsp3) is 0.139. The summed E-state index contributed by atoms with van der Waals surface area (Å²) in [4.78, 5) is 13.1. The summed E-state index contributed by atoms with van der Waals surface area (Å²) < 4.78 is 58.0. The van der Waals surface area contributed by atoms with Crippen LogP contribution in [0.1, 0.15) is 46.5 Å². The standard InChI is InChI=1S/C33H26O4S.C2H6.CH4O3S/c1-24-7-11-27(12-8-24)33(34)28-13-15-29(16-14-28)37-30-17-21-32(22-18-30)38(35,36)31-19-9-26(10-20-31)23-25-5-3-2-4-6-25;1-2;1-5(2,3)4/h2-22H,23H2,1H3;1-2H3;1H3,(H,2,3,4). The number of hydrogen-bond acceptors (Lipinski definition) is 6. The summed E-state index contributed by atoms with van der Waals surface area (Å²) >= 11 is 0. The highest BCUT2D eigenvalue weighted by Crippen LogP contribution is 2.27. The first-order valence-corrected chi connectivity index (χ1v) is 17.5. The topological polar surface area (TPSA) is 115 Å². The predicted octanol–water partition coefficient (Wildman–Crippen LogP) is 7.97. The van der Waals surface area contributed by atoms with Crippen molar-refractivity contribution in [3.8, 4) is 11.5 Å². The van der Waals surface area contributed by atoms with Gasteiger partial charge in [-0.05, 0) is 85.1 Å². The monoisotopic (exact) mass is 644 g/mol. The van der Waals surface area contributed by atoms with Crippen molar-refractivity contribution in [2.24, 2.45) is 0 Å². The molecule has 234 valence electrons. The molecule has 0 aliphatic heterocycles. The second-order valence-electron chi connectivity index (χ2n) is 9.84. The van der Waals surface area contributed by atoms with E-state index in [9.17, 15) is 21.6 Å². The summed E-state index contributed by atoms with van der Waals surface area (Å²) in [5.41, 5.74) is 4.52. The summed E-state index contributed by atoms with van der Waals surface area (Å²) in [6.45, 7) is 5.98. The maximum atomic E-state index is 13.1. The molecule has 5 aromatic carbocycles. The van der Waals surface area contributed by atoms with Crippen LogP contribution in [-0.4, -0.2) is 33.4 Å². The number of ether oxygens (including phenoxy) is 1. The quantitative estimate of drug-likeness (QED) is 0.135. The van der Waals surface area contributed by atoms with Gasteiger partial charge >= 0.3 is 0 Å². The highest BCUT2D eigenvalue weighted by Gasteiger charge is 2.18. The molecule has 9 heteroatoms. The number of aryl methyl sites for hydroxylation is 1. The van der Waals surface area contributed by atoms with E-state index in [1.54, 1.807) is 48.5 Å². The van der Waals surface area contributed by atoms with Crippen LogP contribution >= 0.6 is 0 Å². The van der Waals surface area contributed by atoms with Crippen LogP contribution in [0.2, 0.25) is 0 Å². The van der Waals surface area contributed by atoms with Gasteiger partial charge in [-0.1, -0.05) is 86.1 Å². The third kappa shape index (κ3) is 10.8. The Labute approximate surface area is 265 Å². The first kappa shape index (κ1) is 34.9. The third-order valence-corrected chi connectivity index (χ3v) is 8.07. The Hall–Kier alpha value is -4.57. The number of ketones is 1. The van der Waals surface area contributed by atoms with Gasteiger partial charge in [0.1, 0.15) is 11.5 Å². The number of carbonyl (C=O) groups excluding carboxylic acids is 1. The van der Waals surface area contributed by atoms with Gasteiger partial charge in [0, 0.05) is 11.1 Å². The molecule has 0 saturated carbocycles. The van der Waals surface area contributed by atoms with Crippen molar-refractivity contribution in [1.82, 2.24) is 0 Å². The van der Waals surface area contributed by atoms with Gasteiger partial charge in [0.25, 0.3) is 10.1 Å². The Morgan fingerprint density at radius 3 is 1.44 bits per heavy atom. The molecule has 1 N–H and O–H groups in total. The molecule has 0 atom stereocenters. The average molecular weight is 645 g/mol. The van der Waals surface area contributed by atoms with Gasteiger partial charge in [-0.3, -0.25) is 9.35 Å². The fourth-order valence-corrected chi connectivity index (χ4v) is 5.38. The van der Waals surface area contributed by atoms with Gasteiger partial charge in [0.15, 0.2) is 5.78 Å². The molecule has 0 unspecified atom stereocenters.